The molecule has 1 aliphatic carbocycles. The predicted molar refractivity (Wildman–Crippen MR) is 90.4 cm³/mol. The summed E-state index contributed by atoms with van der Waals surface area (Å²) in [5.74, 6) is -0.694. The number of carbonyl (C=O) groups excluding carboxylic acids is 3. The fourth-order valence-electron chi connectivity index (χ4n) is 3.53. The van der Waals surface area contributed by atoms with Crippen LogP contribution in [0.15, 0.2) is 23.3 Å². The second-order valence-corrected chi connectivity index (χ2v) is 6.78. The van der Waals surface area contributed by atoms with Crippen LogP contribution in [0, 0.1) is 11.8 Å². The Morgan fingerprint density at radius 1 is 1.24 bits per heavy atom. The summed E-state index contributed by atoms with van der Waals surface area (Å²) in [6.45, 7) is 9.38. The van der Waals surface area contributed by atoms with Crippen molar-refractivity contribution in [2.45, 2.75) is 52.6 Å². The molecule has 0 spiro atoms. The Bertz CT molecular complexity index is 603. The van der Waals surface area contributed by atoms with Crippen LogP contribution in [0.2, 0.25) is 0 Å². The third kappa shape index (κ3) is 4.94. The molecule has 2 aliphatic rings. The molecule has 0 radical (unpaired) electrons. The van der Waals surface area contributed by atoms with Gasteiger partial charge in [0, 0.05) is 31.8 Å². The summed E-state index contributed by atoms with van der Waals surface area (Å²) in [5.41, 5.74) is 2.75. The zero-order valence-electron chi connectivity index (χ0n) is 15.1. The molecule has 1 saturated heterocycles. The molecule has 0 saturated carbocycles. The first-order valence-electron chi connectivity index (χ1n) is 8.66. The van der Waals surface area contributed by atoms with Crippen molar-refractivity contribution in [2.75, 3.05) is 13.2 Å². The highest BCUT2D eigenvalue weighted by molar-refractivity contribution is 5.91. The van der Waals surface area contributed by atoms with E-state index in [4.69, 9.17) is 14.2 Å². The number of fused-ring (bicyclic) bond motifs is 1. The van der Waals surface area contributed by atoms with Gasteiger partial charge < -0.3 is 14.2 Å². The van der Waals surface area contributed by atoms with Gasteiger partial charge in [-0.1, -0.05) is 19.1 Å². The van der Waals surface area contributed by atoms with Crippen LogP contribution in [0.1, 0.15) is 46.5 Å². The molecular formula is C19H26O6. The van der Waals surface area contributed by atoms with Gasteiger partial charge in [-0.2, -0.15) is 0 Å². The van der Waals surface area contributed by atoms with Gasteiger partial charge in [-0.25, -0.2) is 4.79 Å². The van der Waals surface area contributed by atoms with Gasteiger partial charge in [-0.05, 0) is 30.8 Å². The molecule has 138 valence electrons. The summed E-state index contributed by atoms with van der Waals surface area (Å²) in [6, 6.07) is 0. The molecule has 1 fully saturated rings. The minimum absolute atomic E-state index is 0.000465. The number of hydrogen-bond acceptors (Lipinski definition) is 6. The lowest BCUT2D eigenvalue weighted by Crippen LogP contribution is -2.27. The van der Waals surface area contributed by atoms with Crippen LogP contribution in [0.5, 0.6) is 0 Å². The fraction of sp³-hybridized carbons (Fsp3) is 0.632. The topological polar surface area (TPSA) is 78.9 Å². The molecule has 1 aliphatic heterocycles. The smallest absolute Gasteiger partial charge is 0.334 e. The Balaban J connectivity index is 2.08. The lowest BCUT2D eigenvalue weighted by atomic mass is 9.75. The first kappa shape index (κ1) is 19.2. The largest absolute Gasteiger partial charge is 0.466 e. The quantitative estimate of drug-likeness (QED) is 0.231. The summed E-state index contributed by atoms with van der Waals surface area (Å²) in [7, 11) is 0. The van der Waals surface area contributed by atoms with Gasteiger partial charge in [0.05, 0.1) is 6.61 Å². The second-order valence-electron chi connectivity index (χ2n) is 6.78. The van der Waals surface area contributed by atoms with Crippen molar-refractivity contribution < 1.29 is 28.6 Å². The number of rotatable bonds is 7. The molecule has 0 amide bonds. The van der Waals surface area contributed by atoms with Gasteiger partial charge in [0.25, 0.3) is 0 Å². The lowest BCUT2D eigenvalue weighted by molar-refractivity contribution is -0.142. The van der Waals surface area contributed by atoms with Crippen molar-refractivity contribution >= 4 is 17.9 Å². The van der Waals surface area contributed by atoms with Crippen LogP contribution >= 0.6 is 0 Å². The molecule has 6 heteroatoms. The van der Waals surface area contributed by atoms with E-state index in [1.165, 1.54) is 19.4 Å². The first-order valence-corrected chi connectivity index (χ1v) is 8.66. The van der Waals surface area contributed by atoms with Crippen molar-refractivity contribution in [3.63, 3.8) is 0 Å². The molecule has 2 rings (SSSR count). The molecule has 3 atom stereocenters. The lowest BCUT2D eigenvalue weighted by Gasteiger charge is -2.31. The number of carbonyl (C=O) groups is 3. The third-order valence-electron chi connectivity index (χ3n) is 4.89. The predicted octanol–water partition coefficient (Wildman–Crippen LogP) is 2.72. The number of allylic oxidation sites excluding steroid dienone is 1. The highest BCUT2D eigenvalue weighted by atomic mass is 16.6. The molecule has 0 N–H and O–H groups in total. The normalized spacial score (nSPS) is 23.8. The average molecular weight is 350 g/mol. The first-order chi connectivity index (χ1) is 11.8. The Hall–Kier alpha value is -2.11. The van der Waals surface area contributed by atoms with Crippen molar-refractivity contribution in [3.8, 4) is 0 Å². The fourth-order valence-corrected chi connectivity index (χ4v) is 3.53. The van der Waals surface area contributed by atoms with Gasteiger partial charge in [0.2, 0.25) is 0 Å². The van der Waals surface area contributed by atoms with E-state index in [1.54, 1.807) is 0 Å². The molecule has 0 bridgehead atoms. The maximum atomic E-state index is 11.8. The van der Waals surface area contributed by atoms with Crippen LogP contribution in [0.3, 0.4) is 0 Å². The molecule has 6 nitrogen and oxygen atoms in total. The molecule has 25 heavy (non-hydrogen) atoms. The standard InChI is InChI=1S/C19H26O6/c1-11(6-5-7-23-13(3)20)16-9-17-12(2)19(22)25-18(17)8-15(16)10-24-14(4)21/h11,17-18H,2,5-10H2,1,3-4H3. The monoisotopic (exact) mass is 350 g/mol. The molecule has 0 aromatic carbocycles. The van der Waals surface area contributed by atoms with E-state index in [-0.39, 0.29) is 42.5 Å². The summed E-state index contributed by atoms with van der Waals surface area (Å²) in [4.78, 5) is 33.8. The van der Waals surface area contributed by atoms with E-state index in [2.05, 4.69) is 13.5 Å². The molecule has 0 aromatic heterocycles. The Labute approximate surface area is 148 Å². The van der Waals surface area contributed by atoms with Gasteiger partial charge in [0.15, 0.2) is 0 Å². The summed E-state index contributed by atoms with van der Waals surface area (Å²) in [5, 5.41) is 0. The van der Waals surface area contributed by atoms with E-state index < -0.39 is 0 Å². The molecular weight excluding hydrogens is 324 g/mol. The zero-order chi connectivity index (χ0) is 18.6. The second kappa shape index (κ2) is 8.32. The van der Waals surface area contributed by atoms with E-state index in [9.17, 15) is 14.4 Å². The Morgan fingerprint density at radius 2 is 1.92 bits per heavy atom. The molecule has 3 unspecified atom stereocenters. The van der Waals surface area contributed by atoms with E-state index in [1.807, 2.05) is 0 Å². The average Bonchev–Trinajstić information content (AvgIpc) is 2.82. The van der Waals surface area contributed by atoms with Crippen LogP contribution in [0.25, 0.3) is 0 Å². The van der Waals surface area contributed by atoms with Crippen LogP contribution in [-0.4, -0.2) is 37.2 Å². The number of ether oxygens (including phenoxy) is 3. The van der Waals surface area contributed by atoms with E-state index >= 15 is 0 Å². The summed E-state index contributed by atoms with van der Waals surface area (Å²) in [6.07, 6.45) is 2.68. The number of esters is 3. The highest BCUT2D eigenvalue weighted by Crippen LogP contribution is 2.43. The number of hydrogen-bond donors (Lipinski definition) is 0. The third-order valence-corrected chi connectivity index (χ3v) is 4.89. The highest BCUT2D eigenvalue weighted by Gasteiger charge is 2.43. The van der Waals surface area contributed by atoms with Crippen LogP contribution < -0.4 is 0 Å². The van der Waals surface area contributed by atoms with Gasteiger partial charge in [-0.3, -0.25) is 9.59 Å². The zero-order valence-corrected chi connectivity index (χ0v) is 15.1. The molecule has 1 heterocycles. The van der Waals surface area contributed by atoms with Crippen molar-refractivity contribution in [3.05, 3.63) is 23.3 Å². The van der Waals surface area contributed by atoms with Gasteiger partial charge >= 0.3 is 17.9 Å². The summed E-state index contributed by atoms with van der Waals surface area (Å²) >= 11 is 0. The Morgan fingerprint density at radius 3 is 2.56 bits per heavy atom. The van der Waals surface area contributed by atoms with Gasteiger partial charge in [-0.15, -0.1) is 0 Å². The minimum atomic E-state index is -0.329. The van der Waals surface area contributed by atoms with Crippen molar-refractivity contribution in [2.24, 2.45) is 11.8 Å². The van der Waals surface area contributed by atoms with Crippen molar-refractivity contribution in [1.29, 1.82) is 0 Å². The maximum Gasteiger partial charge on any atom is 0.334 e. The maximum absolute atomic E-state index is 11.8. The molecule has 0 aromatic rings. The summed E-state index contributed by atoms with van der Waals surface area (Å²) < 4.78 is 15.6. The van der Waals surface area contributed by atoms with Crippen molar-refractivity contribution in [1.82, 2.24) is 0 Å². The van der Waals surface area contributed by atoms with Gasteiger partial charge in [0.1, 0.15) is 12.7 Å². The van der Waals surface area contributed by atoms with E-state index in [0.29, 0.717) is 25.0 Å². The SMILES string of the molecule is C=C1C(=O)OC2CC(COC(C)=O)=C(C(C)CCCOC(C)=O)CC12. The van der Waals surface area contributed by atoms with Crippen LogP contribution in [0.4, 0.5) is 0 Å². The van der Waals surface area contributed by atoms with E-state index in [0.717, 1.165) is 18.4 Å². The minimum Gasteiger partial charge on any atom is -0.466 e. The van der Waals surface area contributed by atoms with Crippen LogP contribution in [-0.2, 0) is 28.6 Å². The Kier molecular flexibility index (Phi) is 6.39.